The average molecular weight is 342 g/mol. The van der Waals surface area contributed by atoms with Crippen LogP contribution < -0.4 is 5.32 Å². The van der Waals surface area contributed by atoms with Gasteiger partial charge in [-0.3, -0.25) is 4.79 Å². The molecule has 2 aromatic rings. The van der Waals surface area contributed by atoms with Gasteiger partial charge in [0.25, 0.3) is 5.91 Å². The molecule has 2 aromatic carbocycles. The van der Waals surface area contributed by atoms with E-state index in [9.17, 15) is 4.79 Å². The van der Waals surface area contributed by atoms with E-state index in [1.165, 1.54) is 0 Å². The number of thioether (sulfide) groups is 1. The summed E-state index contributed by atoms with van der Waals surface area (Å²) in [6.45, 7) is 8.66. The molecule has 1 N–H and O–H groups in total. The molecule has 2 nitrogen and oxygen atoms in total. The molecule has 24 heavy (non-hydrogen) atoms. The number of nitrogens with one attached hydrogen (secondary N) is 1. The van der Waals surface area contributed by atoms with E-state index < -0.39 is 0 Å². The molecule has 0 aromatic heterocycles. The Hall–Kier alpha value is -1.74. The number of hydrogen-bond acceptors (Lipinski definition) is 2. The Morgan fingerprint density at radius 2 is 1.58 bits per heavy atom. The van der Waals surface area contributed by atoms with E-state index in [-0.39, 0.29) is 11.9 Å². The van der Waals surface area contributed by atoms with E-state index >= 15 is 0 Å². The van der Waals surface area contributed by atoms with Gasteiger partial charge in [-0.2, -0.15) is 0 Å². The first-order valence-corrected chi connectivity index (χ1v) is 9.46. The van der Waals surface area contributed by atoms with Crippen LogP contribution in [-0.2, 0) is 0 Å². The normalized spacial score (nSPS) is 12.4. The molecule has 0 fully saturated rings. The Labute approximate surface area is 150 Å². The quantitative estimate of drug-likeness (QED) is 0.654. The number of amides is 1. The van der Waals surface area contributed by atoms with E-state index in [4.69, 9.17) is 0 Å². The minimum atomic E-state index is 0.00764. The molecule has 0 spiro atoms. The van der Waals surface area contributed by atoms with Crippen molar-refractivity contribution in [3.63, 3.8) is 0 Å². The molecule has 1 atom stereocenters. The van der Waals surface area contributed by atoms with Gasteiger partial charge in [-0.05, 0) is 30.0 Å². The molecule has 0 aliphatic carbocycles. The van der Waals surface area contributed by atoms with E-state index in [2.05, 4.69) is 45.1 Å². The summed E-state index contributed by atoms with van der Waals surface area (Å²) in [5.74, 6) is 0.518. The van der Waals surface area contributed by atoms with Crippen molar-refractivity contribution >= 4 is 17.7 Å². The first-order valence-electron chi connectivity index (χ1n) is 8.59. The summed E-state index contributed by atoms with van der Waals surface area (Å²) >= 11 is 1.73. The Balaban J connectivity index is 2.22. The third-order valence-corrected chi connectivity index (χ3v) is 4.79. The van der Waals surface area contributed by atoms with Gasteiger partial charge in [0.15, 0.2) is 0 Å². The van der Waals surface area contributed by atoms with Gasteiger partial charge in [0.1, 0.15) is 0 Å². The molecule has 0 radical (unpaired) electrons. The lowest BCUT2D eigenvalue weighted by Crippen LogP contribution is -2.30. The van der Waals surface area contributed by atoms with Gasteiger partial charge in [0.05, 0.1) is 11.6 Å². The van der Waals surface area contributed by atoms with E-state index in [0.29, 0.717) is 11.2 Å². The molecule has 2 rings (SSSR count). The monoisotopic (exact) mass is 341 g/mol. The molecule has 0 heterocycles. The topological polar surface area (TPSA) is 29.1 Å². The van der Waals surface area contributed by atoms with Gasteiger partial charge >= 0.3 is 0 Å². The Morgan fingerprint density at radius 3 is 2.21 bits per heavy atom. The molecule has 0 aliphatic rings. The molecule has 128 valence electrons. The summed E-state index contributed by atoms with van der Waals surface area (Å²) in [6.07, 6.45) is 0.926. The average Bonchev–Trinajstić information content (AvgIpc) is 2.54. The largest absolute Gasteiger partial charge is 0.345 e. The van der Waals surface area contributed by atoms with Crippen molar-refractivity contribution in [1.82, 2.24) is 5.32 Å². The van der Waals surface area contributed by atoms with Crippen molar-refractivity contribution in [2.24, 2.45) is 5.92 Å². The lowest BCUT2D eigenvalue weighted by atomic mass is 9.96. The van der Waals surface area contributed by atoms with Crippen LogP contribution in [0.5, 0.6) is 0 Å². The molecule has 0 saturated heterocycles. The van der Waals surface area contributed by atoms with Gasteiger partial charge in [0, 0.05) is 10.1 Å². The van der Waals surface area contributed by atoms with Gasteiger partial charge in [0.2, 0.25) is 0 Å². The second-order valence-electron chi connectivity index (χ2n) is 6.73. The van der Waals surface area contributed by atoms with Crippen LogP contribution in [0.1, 0.15) is 56.1 Å². The van der Waals surface area contributed by atoms with E-state index in [0.717, 1.165) is 22.4 Å². The number of carbonyl (C=O) groups excluding carboxylic acids is 1. The van der Waals surface area contributed by atoms with Crippen LogP contribution in [0.25, 0.3) is 0 Å². The summed E-state index contributed by atoms with van der Waals surface area (Å²) in [4.78, 5) is 13.9. The fraction of sp³-hybridized carbons (Fsp3) is 0.381. The van der Waals surface area contributed by atoms with Gasteiger partial charge in [-0.1, -0.05) is 70.2 Å². The van der Waals surface area contributed by atoms with Crippen LogP contribution in [0.2, 0.25) is 0 Å². The van der Waals surface area contributed by atoms with E-state index in [1.54, 1.807) is 11.8 Å². The summed E-state index contributed by atoms with van der Waals surface area (Å²) in [7, 11) is 0. The fourth-order valence-corrected chi connectivity index (χ4v) is 3.63. The highest BCUT2D eigenvalue weighted by molar-refractivity contribution is 8.00. The van der Waals surface area contributed by atoms with Crippen molar-refractivity contribution in [3.05, 3.63) is 65.7 Å². The molecule has 3 heteroatoms. The Bertz CT molecular complexity index is 652. The smallest absolute Gasteiger partial charge is 0.252 e. The summed E-state index contributed by atoms with van der Waals surface area (Å²) in [5, 5.41) is 3.69. The first kappa shape index (κ1) is 18.6. The Morgan fingerprint density at radius 1 is 0.958 bits per heavy atom. The summed E-state index contributed by atoms with van der Waals surface area (Å²) < 4.78 is 0. The number of carbonyl (C=O) groups is 1. The predicted molar refractivity (Wildman–Crippen MR) is 104 cm³/mol. The Kier molecular flexibility index (Phi) is 6.92. The van der Waals surface area contributed by atoms with Crippen LogP contribution in [0.4, 0.5) is 0 Å². The van der Waals surface area contributed by atoms with Crippen LogP contribution >= 0.6 is 11.8 Å². The predicted octanol–water partition coefficient (Wildman–Crippen LogP) is 5.70. The van der Waals surface area contributed by atoms with Crippen LogP contribution in [0.15, 0.2) is 59.5 Å². The highest BCUT2D eigenvalue weighted by Gasteiger charge is 2.19. The van der Waals surface area contributed by atoms with Crippen LogP contribution in [0, 0.1) is 5.92 Å². The molecule has 1 amide bonds. The summed E-state index contributed by atoms with van der Waals surface area (Å²) in [5.41, 5.74) is 1.93. The van der Waals surface area contributed by atoms with Gasteiger partial charge in [-0.15, -0.1) is 11.8 Å². The highest BCUT2D eigenvalue weighted by atomic mass is 32.2. The molecular weight excluding hydrogens is 314 g/mol. The zero-order valence-corrected chi connectivity index (χ0v) is 15.8. The van der Waals surface area contributed by atoms with Gasteiger partial charge < -0.3 is 5.32 Å². The second-order valence-corrected chi connectivity index (χ2v) is 8.35. The summed E-state index contributed by atoms with van der Waals surface area (Å²) in [6, 6.07) is 18.1. The second kappa shape index (κ2) is 8.93. The number of hydrogen-bond donors (Lipinski definition) is 1. The lowest BCUT2D eigenvalue weighted by molar-refractivity contribution is 0.0929. The van der Waals surface area contributed by atoms with Gasteiger partial charge in [-0.25, -0.2) is 0 Å². The zero-order valence-electron chi connectivity index (χ0n) is 15.0. The fourth-order valence-electron chi connectivity index (χ4n) is 2.68. The van der Waals surface area contributed by atoms with E-state index in [1.807, 2.05) is 42.5 Å². The van der Waals surface area contributed by atoms with Crippen LogP contribution in [-0.4, -0.2) is 11.2 Å². The molecular formula is C21H27NOS. The lowest BCUT2D eigenvalue weighted by Gasteiger charge is -2.22. The minimum Gasteiger partial charge on any atom is -0.345 e. The maximum absolute atomic E-state index is 12.9. The molecule has 1 unspecified atom stereocenters. The van der Waals surface area contributed by atoms with Crippen molar-refractivity contribution in [3.8, 4) is 0 Å². The van der Waals surface area contributed by atoms with Crippen molar-refractivity contribution in [2.75, 3.05) is 0 Å². The first-order chi connectivity index (χ1) is 11.5. The molecule has 0 aliphatic heterocycles. The minimum absolute atomic E-state index is 0.00764. The third-order valence-electron chi connectivity index (χ3n) is 3.71. The zero-order chi connectivity index (χ0) is 17.5. The maximum atomic E-state index is 12.9. The van der Waals surface area contributed by atoms with Crippen molar-refractivity contribution in [1.29, 1.82) is 0 Å². The molecule has 0 bridgehead atoms. The van der Waals surface area contributed by atoms with Crippen molar-refractivity contribution in [2.45, 2.75) is 50.3 Å². The standard InChI is InChI=1S/C21H27NOS/c1-15(2)14-19(17-10-6-5-7-11-17)22-21(23)18-12-8-9-13-20(18)24-16(3)4/h5-13,15-16,19H,14H2,1-4H3,(H,22,23). The van der Waals surface area contributed by atoms with Crippen molar-refractivity contribution < 1.29 is 4.79 Å². The third kappa shape index (κ3) is 5.41. The number of rotatable bonds is 7. The number of benzene rings is 2. The van der Waals surface area contributed by atoms with Crippen LogP contribution in [0.3, 0.4) is 0 Å². The maximum Gasteiger partial charge on any atom is 0.252 e. The molecule has 0 saturated carbocycles. The highest BCUT2D eigenvalue weighted by Crippen LogP contribution is 2.28. The SMILES string of the molecule is CC(C)CC(NC(=O)c1ccccc1SC(C)C)c1ccccc1.